The summed E-state index contributed by atoms with van der Waals surface area (Å²) < 4.78 is 31.0. The molecule has 3 nitrogen and oxygen atoms in total. The lowest BCUT2D eigenvalue weighted by Gasteiger charge is -2.09. The summed E-state index contributed by atoms with van der Waals surface area (Å²) in [6.07, 6.45) is -1.44. The Kier molecular flexibility index (Phi) is 5.97. The fraction of sp³-hybridized carbons (Fsp3) is 0.400. The molecule has 7 heteroatoms. The van der Waals surface area contributed by atoms with E-state index in [1.165, 1.54) is 0 Å². The van der Waals surface area contributed by atoms with Crippen molar-refractivity contribution in [2.24, 2.45) is 0 Å². The van der Waals surface area contributed by atoms with Gasteiger partial charge >= 0.3 is 5.97 Å². The molecule has 0 atom stereocenters. The highest BCUT2D eigenvalue weighted by Crippen LogP contribution is 2.28. The van der Waals surface area contributed by atoms with Crippen LogP contribution in [0.2, 0.25) is 0 Å². The lowest BCUT2D eigenvalue weighted by molar-refractivity contribution is -0.142. The van der Waals surface area contributed by atoms with Crippen LogP contribution in [0.4, 0.5) is 8.78 Å². The molecule has 94 valence electrons. The number of hydrogen-bond acceptors (Lipinski definition) is 3. The molecule has 0 radical (unpaired) electrons. The van der Waals surface area contributed by atoms with Gasteiger partial charge in [0.25, 0.3) is 6.43 Å². The molecular formula is C10H9F2I2NO2. The summed E-state index contributed by atoms with van der Waals surface area (Å²) in [7, 11) is 0. The third kappa shape index (κ3) is 3.97. The average molecular weight is 467 g/mol. The van der Waals surface area contributed by atoms with E-state index in [0.29, 0.717) is 19.4 Å². The zero-order valence-corrected chi connectivity index (χ0v) is 13.2. The van der Waals surface area contributed by atoms with Gasteiger partial charge in [-0.25, -0.2) is 8.78 Å². The first-order valence-electron chi connectivity index (χ1n) is 4.73. The summed E-state index contributed by atoms with van der Waals surface area (Å²) in [5, 5.41) is 0. The van der Waals surface area contributed by atoms with E-state index in [0.717, 1.165) is 6.20 Å². The fourth-order valence-electron chi connectivity index (χ4n) is 1.14. The smallest absolute Gasteiger partial charge is 0.311 e. The molecule has 0 spiro atoms. The second-order valence-electron chi connectivity index (χ2n) is 3.07. The van der Waals surface area contributed by atoms with Crippen molar-refractivity contribution in [1.82, 2.24) is 4.98 Å². The Labute approximate surface area is 125 Å². The van der Waals surface area contributed by atoms with Gasteiger partial charge in [-0.05, 0) is 52.1 Å². The molecule has 0 amide bonds. The molecular weight excluding hydrogens is 458 g/mol. The topological polar surface area (TPSA) is 39.2 Å². The molecule has 1 rings (SSSR count). The third-order valence-corrected chi connectivity index (χ3v) is 5.27. The zero-order valence-electron chi connectivity index (χ0n) is 8.84. The first kappa shape index (κ1) is 15.0. The summed E-state index contributed by atoms with van der Waals surface area (Å²) in [5.41, 5.74) is 0.362. The van der Waals surface area contributed by atoms with Crippen molar-refractivity contribution in [2.75, 3.05) is 6.61 Å². The SMILES string of the molecule is CCOC(=O)Cc1ncc(C(F)F)c(I)c1I. The van der Waals surface area contributed by atoms with E-state index in [-0.39, 0.29) is 12.0 Å². The molecule has 1 aromatic rings. The van der Waals surface area contributed by atoms with Crippen LogP contribution in [0.5, 0.6) is 0 Å². The van der Waals surface area contributed by atoms with E-state index in [2.05, 4.69) is 4.98 Å². The van der Waals surface area contributed by atoms with Gasteiger partial charge in [0, 0.05) is 13.3 Å². The number of halogens is 4. The van der Waals surface area contributed by atoms with Crippen LogP contribution in [-0.2, 0) is 16.0 Å². The Morgan fingerprint density at radius 2 is 2.12 bits per heavy atom. The fourth-order valence-corrected chi connectivity index (χ4v) is 2.47. The van der Waals surface area contributed by atoms with Crippen LogP contribution in [0, 0.1) is 7.14 Å². The average Bonchev–Trinajstić information content (AvgIpc) is 2.25. The minimum atomic E-state index is -2.56. The summed E-state index contributed by atoms with van der Waals surface area (Å²) in [5.74, 6) is -0.404. The second kappa shape index (κ2) is 6.76. The lowest BCUT2D eigenvalue weighted by atomic mass is 10.2. The van der Waals surface area contributed by atoms with Crippen LogP contribution in [0.3, 0.4) is 0 Å². The Hall–Kier alpha value is -0.0600. The van der Waals surface area contributed by atoms with E-state index >= 15 is 0 Å². The van der Waals surface area contributed by atoms with Crippen molar-refractivity contribution in [1.29, 1.82) is 0 Å². The number of pyridine rings is 1. The highest BCUT2D eigenvalue weighted by Gasteiger charge is 2.18. The molecule has 0 bridgehead atoms. The van der Waals surface area contributed by atoms with Gasteiger partial charge in [-0.3, -0.25) is 9.78 Å². The van der Waals surface area contributed by atoms with Gasteiger partial charge in [0.05, 0.1) is 24.3 Å². The zero-order chi connectivity index (χ0) is 13.0. The van der Waals surface area contributed by atoms with Crippen LogP contribution in [-0.4, -0.2) is 17.6 Å². The van der Waals surface area contributed by atoms with Gasteiger partial charge in [-0.2, -0.15) is 0 Å². The minimum absolute atomic E-state index is 0.00559. The minimum Gasteiger partial charge on any atom is -0.466 e. The standard InChI is InChI=1S/C10H9F2I2NO2/c1-2-17-7(16)3-6-9(14)8(13)5(4-15-6)10(11)12/h4,10H,2-3H2,1H3. The molecule has 1 heterocycles. The van der Waals surface area contributed by atoms with Crippen molar-refractivity contribution in [2.45, 2.75) is 19.8 Å². The predicted molar refractivity (Wildman–Crippen MR) is 75.0 cm³/mol. The largest absolute Gasteiger partial charge is 0.466 e. The molecule has 0 saturated heterocycles. The van der Waals surface area contributed by atoms with Crippen molar-refractivity contribution in [3.63, 3.8) is 0 Å². The van der Waals surface area contributed by atoms with Crippen LogP contribution >= 0.6 is 45.2 Å². The van der Waals surface area contributed by atoms with Crippen molar-refractivity contribution >= 4 is 51.2 Å². The Balaban J connectivity index is 2.96. The van der Waals surface area contributed by atoms with E-state index in [1.54, 1.807) is 6.92 Å². The highest BCUT2D eigenvalue weighted by molar-refractivity contribution is 14.1. The highest BCUT2D eigenvalue weighted by atomic mass is 127. The molecule has 17 heavy (non-hydrogen) atoms. The molecule has 0 N–H and O–H groups in total. The Morgan fingerprint density at radius 3 is 2.65 bits per heavy atom. The summed E-state index contributed by atoms with van der Waals surface area (Å²) in [6.45, 7) is 2.00. The van der Waals surface area contributed by atoms with Crippen molar-refractivity contribution in [3.05, 3.63) is 24.6 Å². The van der Waals surface area contributed by atoms with Crippen LogP contribution in [0.1, 0.15) is 24.6 Å². The maximum Gasteiger partial charge on any atom is 0.311 e. The van der Waals surface area contributed by atoms with E-state index < -0.39 is 12.4 Å². The van der Waals surface area contributed by atoms with Gasteiger partial charge in [0.15, 0.2) is 0 Å². The van der Waals surface area contributed by atoms with Crippen LogP contribution < -0.4 is 0 Å². The molecule has 0 aliphatic carbocycles. The predicted octanol–water partition coefficient (Wildman–Crippen LogP) is 3.33. The van der Waals surface area contributed by atoms with E-state index in [1.807, 2.05) is 45.2 Å². The number of aromatic nitrogens is 1. The van der Waals surface area contributed by atoms with Gasteiger partial charge in [-0.1, -0.05) is 0 Å². The number of ether oxygens (including phenoxy) is 1. The Morgan fingerprint density at radius 1 is 1.47 bits per heavy atom. The molecule has 0 unspecified atom stereocenters. The maximum atomic E-state index is 12.6. The van der Waals surface area contributed by atoms with E-state index in [9.17, 15) is 13.6 Å². The second-order valence-corrected chi connectivity index (χ2v) is 5.23. The van der Waals surface area contributed by atoms with Crippen molar-refractivity contribution in [3.8, 4) is 0 Å². The first-order valence-corrected chi connectivity index (χ1v) is 6.89. The van der Waals surface area contributed by atoms with Crippen LogP contribution in [0.25, 0.3) is 0 Å². The van der Waals surface area contributed by atoms with Gasteiger partial charge in [-0.15, -0.1) is 0 Å². The van der Waals surface area contributed by atoms with Gasteiger partial charge < -0.3 is 4.74 Å². The first-order chi connectivity index (χ1) is 7.97. The van der Waals surface area contributed by atoms with Gasteiger partial charge in [0.1, 0.15) is 0 Å². The number of esters is 1. The molecule has 1 aromatic heterocycles. The number of carbonyl (C=O) groups is 1. The number of rotatable bonds is 4. The van der Waals surface area contributed by atoms with Crippen LogP contribution in [0.15, 0.2) is 6.20 Å². The van der Waals surface area contributed by atoms with E-state index in [4.69, 9.17) is 4.74 Å². The normalized spacial score (nSPS) is 10.7. The lowest BCUT2D eigenvalue weighted by Crippen LogP contribution is -2.11. The van der Waals surface area contributed by atoms with Gasteiger partial charge in [0.2, 0.25) is 0 Å². The monoisotopic (exact) mass is 467 g/mol. The molecule has 0 aromatic carbocycles. The molecule has 0 aliphatic rings. The number of carbonyl (C=O) groups excluding carboxylic acids is 1. The Bertz CT molecular complexity index is 427. The molecule has 0 aliphatic heterocycles. The number of hydrogen-bond donors (Lipinski definition) is 0. The summed E-state index contributed by atoms with van der Waals surface area (Å²) in [6, 6.07) is 0. The number of nitrogens with zero attached hydrogens (tertiary/aromatic N) is 1. The van der Waals surface area contributed by atoms with Crippen molar-refractivity contribution < 1.29 is 18.3 Å². The quantitative estimate of drug-likeness (QED) is 0.504. The third-order valence-electron chi connectivity index (χ3n) is 1.91. The molecule has 0 saturated carbocycles. The molecule has 0 fully saturated rings. The summed E-state index contributed by atoms with van der Waals surface area (Å²) in [4.78, 5) is 15.2. The maximum absolute atomic E-state index is 12.6. The summed E-state index contributed by atoms with van der Waals surface area (Å²) >= 11 is 3.75. The number of alkyl halides is 2.